The molecular weight excluding hydrogens is 248 g/mol. The van der Waals surface area contributed by atoms with Crippen LogP contribution in [0.25, 0.3) is 6.08 Å². The Labute approximate surface area is 89.2 Å². The van der Waals surface area contributed by atoms with Crippen LogP contribution in [0.5, 0.6) is 0 Å². The second-order valence-electron chi connectivity index (χ2n) is 2.89. The molecule has 1 aromatic heterocycles. The predicted molar refractivity (Wildman–Crippen MR) is 54.2 cm³/mol. The van der Waals surface area contributed by atoms with E-state index >= 15 is 0 Å². The smallest absolute Gasteiger partial charge is 0.343 e. The molecule has 0 unspecified atom stereocenters. The molecule has 2 heterocycles. The van der Waals surface area contributed by atoms with Crippen LogP contribution in [0, 0.1) is 0 Å². The van der Waals surface area contributed by atoms with Gasteiger partial charge in [0.05, 0.1) is 5.57 Å². The van der Waals surface area contributed by atoms with Gasteiger partial charge in [0, 0.05) is 0 Å². The highest BCUT2D eigenvalue weighted by Gasteiger charge is 2.17. The summed E-state index contributed by atoms with van der Waals surface area (Å²) in [6, 6.07) is 3.54. The van der Waals surface area contributed by atoms with E-state index < -0.39 is 0 Å². The molecule has 1 aromatic rings. The number of hydrogen-bond acceptors (Lipinski definition) is 3. The average molecular weight is 255 g/mol. The summed E-state index contributed by atoms with van der Waals surface area (Å²) in [7, 11) is 0. The third-order valence-electron chi connectivity index (χ3n) is 1.74. The van der Waals surface area contributed by atoms with Crippen molar-refractivity contribution in [1.82, 2.24) is 0 Å². The number of furan rings is 1. The Bertz CT molecular complexity index is 440. The molecular formula is C10H7BrO3. The number of hydrogen-bond donors (Lipinski definition) is 0. The van der Waals surface area contributed by atoms with Crippen molar-refractivity contribution in [2.24, 2.45) is 0 Å². The lowest BCUT2D eigenvalue weighted by molar-refractivity contribution is -0.133. The molecule has 0 radical (unpaired) electrons. The van der Waals surface area contributed by atoms with E-state index in [9.17, 15) is 4.79 Å². The number of allylic oxidation sites excluding steroid dienone is 1. The molecule has 0 amide bonds. The van der Waals surface area contributed by atoms with E-state index in [1.54, 1.807) is 31.2 Å². The Morgan fingerprint density at radius 2 is 2.21 bits per heavy atom. The quantitative estimate of drug-likeness (QED) is 0.572. The highest BCUT2D eigenvalue weighted by molar-refractivity contribution is 9.10. The maximum absolute atomic E-state index is 11.2. The molecule has 3 nitrogen and oxygen atoms in total. The highest BCUT2D eigenvalue weighted by Crippen LogP contribution is 2.21. The number of rotatable bonds is 1. The van der Waals surface area contributed by atoms with Crippen LogP contribution in [-0.2, 0) is 9.53 Å². The van der Waals surface area contributed by atoms with Crippen molar-refractivity contribution in [2.45, 2.75) is 6.92 Å². The number of ether oxygens (including phenoxy) is 1. The molecule has 0 aliphatic carbocycles. The topological polar surface area (TPSA) is 39.4 Å². The van der Waals surface area contributed by atoms with Gasteiger partial charge in [0.15, 0.2) is 4.67 Å². The van der Waals surface area contributed by atoms with Crippen molar-refractivity contribution >= 4 is 28.0 Å². The summed E-state index contributed by atoms with van der Waals surface area (Å²) in [6.45, 7) is 1.73. The van der Waals surface area contributed by atoms with Crippen LogP contribution in [0.2, 0.25) is 0 Å². The number of cyclic esters (lactones) is 1. The number of carbonyl (C=O) groups is 1. The summed E-state index contributed by atoms with van der Waals surface area (Å²) in [6.07, 6.45) is 3.32. The van der Waals surface area contributed by atoms with Gasteiger partial charge < -0.3 is 9.15 Å². The van der Waals surface area contributed by atoms with Gasteiger partial charge in [-0.3, -0.25) is 0 Å². The summed E-state index contributed by atoms with van der Waals surface area (Å²) in [4.78, 5) is 11.2. The summed E-state index contributed by atoms with van der Waals surface area (Å²) in [5, 5.41) is 0. The Balaban J connectivity index is 2.31. The van der Waals surface area contributed by atoms with Gasteiger partial charge in [0.2, 0.25) is 0 Å². The van der Waals surface area contributed by atoms with Crippen LogP contribution < -0.4 is 0 Å². The maximum Gasteiger partial charge on any atom is 0.343 e. The molecule has 0 bridgehead atoms. The Morgan fingerprint density at radius 1 is 1.43 bits per heavy atom. The Kier molecular flexibility index (Phi) is 2.29. The van der Waals surface area contributed by atoms with Crippen LogP contribution in [0.3, 0.4) is 0 Å². The Hall–Kier alpha value is -1.29. The summed E-state index contributed by atoms with van der Waals surface area (Å²) in [5.41, 5.74) is 0.504. The van der Waals surface area contributed by atoms with E-state index in [1.807, 2.05) is 0 Å². The van der Waals surface area contributed by atoms with Gasteiger partial charge in [-0.1, -0.05) is 0 Å². The minimum atomic E-state index is -0.338. The van der Waals surface area contributed by atoms with Crippen LogP contribution in [0.1, 0.15) is 12.7 Å². The molecule has 1 aliphatic rings. The maximum atomic E-state index is 11.2. The van der Waals surface area contributed by atoms with Crippen molar-refractivity contribution in [2.75, 3.05) is 0 Å². The van der Waals surface area contributed by atoms with Crippen molar-refractivity contribution in [3.8, 4) is 0 Å². The molecule has 0 saturated carbocycles. The highest BCUT2D eigenvalue weighted by atomic mass is 79.9. The molecule has 4 heteroatoms. The van der Waals surface area contributed by atoms with Gasteiger partial charge in [0.25, 0.3) is 0 Å². The summed E-state index contributed by atoms with van der Waals surface area (Å²) < 4.78 is 10.7. The van der Waals surface area contributed by atoms with E-state index in [1.165, 1.54) is 0 Å². The second-order valence-corrected chi connectivity index (χ2v) is 3.67. The molecule has 0 saturated heterocycles. The first kappa shape index (κ1) is 9.27. The molecule has 0 N–H and O–H groups in total. The van der Waals surface area contributed by atoms with Crippen LogP contribution in [0.15, 0.2) is 38.6 Å². The SMILES string of the molecule is CC1=C/C(=C/c2ccc(Br)o2)C(=O)O1. The van der Waals surface area contributed by atoms with Gasteiger partial charge in [-0.15, -0.1) is 0 Å². The number of esters is 1. The molecule has 72 valence electrons. The Morgan fingerprint density at radius 3 is 2.71 bits per heavy atom. The van der Waals surface area contributed by atoms with Gasteiger partial charge in [-0.2, -0.15) is 0 Å². The fourth-order valence-corrected chi connectivity index (χ4v) is 1.49. The molecule has 14 heavy (non-hydrogen) atoms. The first-order valence-electron chi connectivity index (χ1n) is 4.02. The first-order valence-corrected chi connectivity index (χ1v) is 4.82. The van der Waals surface area contributed by atoms with Gasteiger partial charge in [-0.05, 0) is 47.1 Å². The van der Waals surface area contributed by atoms with Gasteiger partial charge >= 0.3 is 5.97 Å². The fraction of sp³-hybridized carbons (Fsp3) is 0.100. The third-order valence-corrected chi connectivity index (χ3v) is 2.17. The normalized spacial score (nSPS) is 18.6. The van der Waals surface area contributed by atoms with E-state index in [-0.39, 0.29) is 5.97 Å². The van der Waals surface area contributed by atoms with Crippen molar-refractivity contribution in [3.63, 3.8) is 0 Å². The van der Waals surface area contributed by atoms with Gasteiger partial charge in [-0.25, -0.2) is 4.79 Å². The van der Waals surface area contributed by atoms with E-state index in [2.05, 4.69) is 15.9 Å². The minimum absolute atomic E-state index is 0.338. The molecule has 0 spiro atoms. The molecule has 0 fully saturated rings. The first-order chi connectivity index (χ1) is 6.65. The molecule has 0 aromatic carbocycles. The average Bonchev–Trinajstić information content (AvgIpc) is 2.61. The second kappa shape index (κ2) is 3.46. The molecule has 0 atom stereocenters. The zero-order chi connectivity index (χ0) is 10.1. The zero-order valence-corrected chi connectivity index (χ0v) is 9.00. The van der Waals surface area contributed by atoms with Gasteiger partial charge in [0.1, 0.15) is 11.5 Å². The fourth-order valence-electron chi connectivity index (χ4n) is 1.17. The lowest BCUT2D eigenvalue weighted by atomic mass is 10.2. The van der Waals surface area contributed by atoms with Crippen LogP contribution in [-0.4, -0.2) is 5.97 Å². The van der Waals surface area contributed by atoms with Crippen LogP contribution in [0.4, 0.5) is 0 Å². The zero-order valence-electron chi connectivity index (χ0n) is 7.41. The summed E-state index contributed by atoms with van der Waals surface area (Å²) >= 11 is 3.18. The monoisotopic (exact) mass is 254 g/mol. The molecule has 2 rings (SSSR count). The number of halogens is 1. The summed E-state index contributed by atoms with van der Waals surface area (Å²) in [5.74, 6) is 0.886. The third kappa shape index (κ3) is 1.80. The van der Waals surface area contributed by atoms with E-state index in [4.69, 9.17) is 9.15 Å². The molecule has 1 aliphatic heterocycles. The van der Waals surface area contributed by atoms with Crippen molar-refractivity contribution in [3.05, 3.63) is 40.0 Å². The van der Waals surface area contributed by atoms with Crippen molar-refractivity contribution < 1.29 is 13.9 Å². The largest absolute Gasteiger partial charge is 0.450 e. The predicted octanol–water partition coefficient (Wildman–Crippen LogP) is 2.89. The lowest BCUT2D eigenvalue weighted by Gasteiger charge is -1.91. The minimum Gasteiger partial charge on any atom is -0.450 e. The number of carbonyl (C=O) groups excluding carboxylic acids is 1. The van der Waals surface area contributed by atoms with E-state index in [0.29, 0.717) is 21.8 Å². The lowest BCUT2D eigenvalue weighted by Crippen LogP contribution is -1.95. The van der Waals surface area contributed by atoms with Crippen LogP contribution >= 0.6 is 15.9 Å². The van der Waals surface area contributed by atoms with Crippen molar-refractivity contribution in [1.29, 1.82) is 0 Å². The standard InChI is InChI=1S/C10H7BrO3/c1-6-4-7(10(12)13-6)5-8-2-3-9(11)14-8/h2-5H,1H3/b7-5-. The van der Waals surface area contributed by atoms with E-state index in [0.717, 1.165) is 0 Å².